The molecule has 2 rings (SSSR count). The molecular weight excluding hydrogens is 262 g/mol. The van der Waals surface area contributed by atoms with Gasteiger partial charge in [-0.05, 0) is 12.8 Å². The third kappa shape index (κ3) is 3.50. The number of amides is 1. The summed E-state index contributed by atoms with van der Waals surface area (Å²) in [6, 6.07) is 0. The largest absolute Gasteiger partial charge is 0.343 e. The Labute approximate surface area is 116 Å². The van der Waals surface area contributed by atoms with Gasteiger partial charge in [0.1, 0.15) is 11.3 Å². The van der Waals surface area contributed by atoms with Gasteiger partial charge in [0.25, 0.3) is 0 Å². The van der Waals surface area contributed by atoms with E-state index in [4.69, 9.17) is 0 Å². The molecule has 0 aromatic carbocycles. The molecule has 0 aliphatic rings. The number of rotatable bonds is 7. The van der Waals surface area contributed by atoms with Crippen LogP contribution in [-0.2, 0) is 11.2 Å². The summed E-state index contributed by atoms with van der Waals surface area (Å²) in [5.41, 5.74) is 0. The van der Waals surface area contributed by atoms with E-state index in [1.807, 2.05) is 4.90 Å². The molecule has 0 aliphatic heterocycles. The summed E-state index contributed by atoms with van der Waals surface area (Å²) < 4.78 is 1.65. The van der Waals surface area contributed by atoms with Crippen LogP contribution in [-0.4, -0.2) is 43.7 Å². The van der Waals surface area contributed by atoms with Gasteiger partial charge in [0.15, 0.2) is 0 Å². The highest BCUT2D eigenvalue weighted by molar-refractivity contribution is 7.16. The Balaban J connectivity index is 1.89. The number of hydrogen-bond acceptors (Lipinski definition) is 5. The van der Waals surface area contributed by atoms with Crippen LogP contribution in [0.1, 0.15) is 38.1 Å². The highest BCUT2D eigenvalue weighted by atomic mass is 32.1. The van der Waals surface area contributed by atoms with Gasteiger partial charge in [-0.2, -0.15) is 9.61 Å². The second-order valence-electron chi connectivity index (χ2n) is 4.43. The summed E-state index contributed by atoms with van der Waals surface area (Å²) in [4.78, 5) is 14.8. The highest BCUT2D eigenvalue weighted by Crippen LogP contribution is 2.14. The van der Waals surface area contributed by atoms with Crippen LogP contribution in [0.25, 0.3) is 4.96 Å². The van der Waals surface area contributed by atoms with Crippen LogP contribution in [0.4, 0.5) is 0 Å². The molecule has 19 heavy (non-hydrogen) atoms. The monoisotopic (exact) mass is 281 g/mol. The Kier molecular flexibility index (Phi) is 4.84. The number of nitrogens with zero attached hydrogens (tertiary/aromatic N) is 5. The van der Waals surface area contributed by atoms with Crippen molar-refractivity contribution in [3.8, 4) is 0 Å². The van der Waals surface area contributed by atoms with Crippen LogP contribution in [0.2, 0.25) is 0 Å². The molecule has 2 aromatic heterocycles. The van der Waals surface area contributed by atoms with Crippen molar-refractivity contribution in [2.75, 3.05) is 13.1 Å². The first-order chi connectivity index (χ1) is 9.24. The second-order valence-corrected chi connectivity index (χ2v) is 5.48. The van der Waals surface area contributed by atoms with Crippen LogP contribution >= 0.6 is 11.3 Å². The van der Waals surface area contributed by atoms with E-state index in [1.165, 1.54) is 11.3 Å². The summed E-state index contributed by atoms with van der Waals surface area (Å²) >= 11 is 1.49. The van der Waals surface area contributed by atoms with Gasteiger partial charge >= 0.3 is 0 Å². The molecule has 7 heteroatoms. The van der Waals surface area contributed by atoms with E-state index in [0.29, 0.717) is 12.8 Å². The maximum Gasteiger partial charge on any atom is 0.234 e. The molecule has 2 heterocycles. The van der Waals surface area contributed by atoms with Crippen LogP contribution in [0.5, 0.6) is 0 Å². The van der Waals surface area contributed by atoms with Crippen molar-refractivity contribution in [1.29, 1.82) is 0 Å². The van der Waals surface area contributed by atoms with E-state index in [-0.39, 0.29) is 5.91 Å². The normalized spacial score (nSPS) is 11.1. The molecule has 0 saturated heterocycles. The van der Waals surface area contributed by atoms with E-state index in [0.717, 1.165) is 35.9 Å². The first-order valence-corrected chi connectivity index (χ1v) is 7.49. The summed E-state index contributed by atoms with van der Waals surface area (Å²) in [5, 5.41) is 13.0. The minimum absolute atomic E-state index is 0.217. The van der Waals surface area contributed by atoms with Crippen molar-refractivity contribution < 1.29 is 4.79 Å². The van der Waals surface area contributed by atoms with Gasteiger partial charge in [0.05, 0.1) is 0 Å². The zero-order chi connectivity index (χ0) is 13.7. The van der Waals surface area contributed by atoms with Gasteiger partial charge in [-0.25, -0.2) is 0 Å². The first-order valence-electron chi connectivity index (χ1n) is 6.68. The Bertz CT molecular complexity index is 500. The van der Waals surface area contributed by atoms with Crippen molar-refractivity contribution in [2.45, 2.75) is 39.5 Å². The molecule has 0 saturated carbocycles. The maximum absolute atomic E-state index is 12.1. The third-order valence-electron chi connectivity index (χ3n) is 2.82. The Morgan fingerprint density at radius 1 is 1.37 bits per heavy atom. The van der Waals surface area contributed by atoms with Gasteiger partial charge < -0.3 is 4.90 Å². The maximum atomic E-state index is 12.1. The molecule has 0 radical (unpaired) electrons. The molecule has 0 atom stereocenters. The molecular formula is C12H19N5OS. The van der Waals surface area contributed by atoms with E-state index < -0.39 is 0 Å². The molecule has 104 valence electrons. The number of carbonyl (C=O) groups excluding carboxylic acids is 1. The molecule has 0 N–H and O–H groups in total. The van der Waals surface area contributed by atoms with Crippen molar-refractivity contribution in [3.63, 3.8) is 0 Å². The van der Waals surface area contributed by atoms with E-state index >= 15 is 0 Å². The van der Waals surface area contributed by atoms with E-state index in [1.54, 1.807) is 10.8 Å². The second kappa shape index (κ2) is 6.60. The van der Waals surface area contributed by atoms with Gasteiger partial charge in [-0.1, -0.05) is 25.2 Å². The number of hydrogen-bond donors (Lipinski definition) is 0. The quantitative estimate of drug-likeness (QED) is 0.776. The molecule has 1 amide bonds. The van der Waals surface area contributed by atoms with Crippen molar-refractivity contribution in [3.05, 3.63) is 11.3 Å². The van der Waals surface area contributed by atoms with Gasteiger partial charge in [0, 0.05) is 25.9 Å². The summed E-state index contributed by atoms with van der Waals surface area (Å²) in [6.45, 7) is 5.88. The smallest absolute Gasteiger partial charge is 0.234 e. The predicted molar refractivity (Wildman–Crippen MR) is 74.1 cm³/mol. The molecule has 6 nitrogen and oxygen atoms in total. The fraction of sp³-hybridized carbons (Fsp3) is 0.667. The van der Waals surface area contributed by atoms with Crippen LogP contribution in [0.15, 0.2) is 6.33 Å². The summed E-state index contributed by atoms with van der Waals surface area (Å²) in [5.74, 6) is 0.217. The van der Waals surface area contributed by atoms with Crippen LogP contribution in [0, 0.1) is 0 Å². The molecule has 0 bridgehead atoms. The zero-order valence-electron chi connectivity index (χ0n) is 11.4. The van der Waals surface area contributed by atoms with Crippen molar-refractivity contribution >= 4 is 22.2 Å². The van der Waals surface area contributed by atoms with Crippen molar-refractivity contribution in [1.82, 2.24) is 24.7 Å². The minimum atomic E-state index is 0.217. The number of carbonyl (C=O) groups is 1. The van der Waals surface area contributed by atoms with Gasteiger partial charge in [-0.3, -0.25) is 4.79 Å². The average Bonchev–Trinajstić information content (AvgIpc) is 2.96. The summed E-state index contributed by atoms with van der Waals surface area (Å²) in [7, 11) is 0. The lowest BCUT2D eigenvalue weighted by Gasteiger charge is -2.21. The fourth-order valence-corrected chi connectivity index (χ4v) is 2.79. The summed E-state index contributed by atoms with van der Waals surface area (Å²) in [6.07, 6.45) is 4.78. The van der Waals surface area contributed by atoms with Gasteiger partial charge in [-0.15, -0.1) is 10.2 Å². The predicted octanol–water partition coefficient (Wildman–Crippen LogP) is 1.77. The number of fused-ring (bicyclic) bond motifs is 1. The Morgan fingerprint density at radius 2 is 2.11 bits per heavy atom. The highest BCUT2D eigenvalue weighted by Gasteiger charge is 2.13. The fourth-order valence-electron chi connectivity index (χ4n) is 1.98. The molecule has 0 spiro atoms. The van der Waals surface area contributed by atoms with E-state index in [9.17, 15) is 4.79 Å². The molecule has 0 fully saturated rings. The average molecular weight is 281 g/mol. The first kappa shape index (κ1) is 13.9. The molecule has 0 aliphatic carbocycles. The topological polar surface area (TPSA) is 63.4 Å². The van der Waals surface area contributed by atoms with Crippen LogP contribution in [0.3, 0.4) is 0 Å². The number of aromatic nitrogens is 4. The minimum Gasteiger partial charge on any atom is -0.343 e. The van der Waals surface area contributed by atoms with Crippen molar-refractivity contribution in [2.24, 2.45) is 0 Å². The zero-order valence-corrected chi connectivity index (χ0v) is 12.2. The molecule has 2 aromatic rings. The lowest BCUT2D eigenvalue weighted by Crippen LogP contribution is -2.32. The van der Waals surface area contributed by atoms with Gasteiger partial charge in [0.2, 0.25) is 10.9 Å². The third-order valence-corrected chi connectivity index (χ3v) is 3.79. The number of aryl methyl sites for hydroxylation is 1. The Morgan fingerprint density at radius 3 is 2.74 bits per heavy atom. The SMILES string of the molecule is CCCN(CCC)C(=O)CCc1nn2cnnc2s1. The lowest BCUT2D eigenvalue weighted by atomic mass is 10.2. The van der Waals surface area contributed by atoms with Crippen LogP contribution < -0.4 is 0 Å². The standard InChI is InChI=1S/C12H19N5OS/c1-3-7-16(8-4-2)11(18)6-5-10-15-17-9-13-14-12(17)19-10/h9H,3-8H2,1-2H3. The van der Waals surface area contributed by atoms with E-state index in [2.05, 4.69) is 29.1 Å². The Hall–Kier alpha value is -1.50. The molecule has 0 unspecified atom stereocenters. The lowest BCUT2D eigenvalue weighted by molar-refractivity contribution is -0.131.